The van der Waals surface area contributed by atoms with Crippen LogP contribution in [-0.2, 0) is 4.79 Å². The molecule has 0 aliphatic carbocycles. The highest BCUT2D eigenvalue weighted by Gasteiger charge is 2.13. The van der Waals surface area contributed by atoms with E-state index in [2.05, 4.69) is 25.2 Å². The summed E-state index contributed by atoms with van der Waals surface area (Å²) in [5.41, 5.74) is 6.26. The standard InChI is InChI=1S/C15H24N2O2/c1-3-10-17-13(4-2)12-7-5-6-8-14(12)19-11-9-15(16)18/h5-8,13,17H,3-4,9-11H2,1-2H3,(H2,16,18). The van der Waals surface area contributed by atoms with E-state index in [1.807, 2.05) is 18.2 Å². The molecule has 0 bridgehead atoms. The Hall–Kier alpha value is -1.55. The molecule has 4 nitrogen and oxygen atoms in total. The van der Waals surface area contributed by atoms with Crippen LogP contribution in [0.25, 0.3) is 0 Å². The summed E-state index contributed by atoms with van der Waals surface area (Å²) in [6.45, 7) is 5.60. The van der Waals surface area contributed by atoms with Crippen LogP contribution >= 0.6 is 0 Å². The highest BCUT2D eigenvalue weighted by molar-refractivity contribution is 5.73. The second-order valence-electron chi connectivity index (χ2n) is 4.52. The molecule has 1 unspecified atom stereocenters. The second-order valence-corrected chi connectivity index (χ2v) is 4.52. The molecule has 1 aromatic rings. The first-order chi connectivity index (χ1) is 9.19. The Balaban J connectivity index is 2.72. The van der Waals surface area contributed by atoms with Crippen LogP contribution in [0.4, 0.5) is 0 Å². The zero-order valence-corrected chi connectivity index (χ0v) is 11.8. The molecule has 0 saturated heterocycles. The lowest BCUT2D eigenvalue weighted by Gasteiger charge is -2.20. The first-order valence-electron chi connectivity index (χ1n) is 6.92. The smallest absolute Gasteiger partial charge is 0.220 e. The van der Waals surface area contributed by atoms with E-state index >= 15 is 0 Å². The van der Waals surface area contributed by atoms with Crippen LogP contribution in [0.5, 0.6) is 5.75 Å². The predicted molar refractivity (Wildman–Crippen MR) is 77.1 cm³/mol. The molecule has 0 aliphatic heterocycles. The first-order valence-corrected chi connectivity index (χ1v) is 6.92. The molecule has 0 heterocycles. The maximum atomic E-state index is 10.7. The van der Waals surface area contributed by atoms with Crippen LogP contribution < -0.4 is 15.8 Å². The third-order valence-corrected chi connectivity index (χ3v) is 2.95. The van der Waals surface area contributed by atoms with Crippen LogP contribution in [-0.4, -0.2) is 19.1 Å². The van der Waals surface area contributed by atoms with Gasteiger partial charge < -0.3 is 15.8 Å². The van der Waals surface area contributed by atoms with Gasteiger partial charge in [0.05, 0.1) is 13.0 Å². The van der Waals surface area contributed by atoms with Gasteiger partial charge in [-0.2, -0.15) is 0 Å². The van der Waals surface area contributed by atoms with Crippen molar-refractivity contribution in [3.8, 4) is 5.75 Å². The van der Waals surface area contributed by atoms with Gasteiger partial charge in [0, 0.05) is 11.6 Å². The van der Waals surface area contributed by atoms with Gasteiger partial charge in [-0.05, 0) is 25.5 Å². The number of primary amides is 1. The average Bonchev–Trinajstić information content (AvgIpc) is 2.40. The molecule has 19 heavy (non-hydrogen) atoms. The Morgan fingerprint density at radius 3 is 2.74 bits per heavy atom. The molecule has 1 aromatic carbocycles. The van der Waals surface area contributed by atoms with E-state index in [0.29, 0.717) is 6.61 Å². The summed E-state index contributed by atoms with van der Waals surface area (Å²) < 4.78 is 5.67. The monoisotopic (exact) mass is 264 g/mol. The van der Waals surface area contributed by atoms with Gasteiger partial charge in [-0.1, -0.05) is 32.0 Å². The van der Waals surface area contributed by atoms with E-state index in [9.17, 15) is 4.79 Å². The maximum absolute atomic E-state index is 10.7. The minimum Gasteiger partial charge on any atom is -0.493 e. The molecule has 0 aromatic heterocycles. The van der Waals surface area contributed by atoms with Gasteiger partial charge >= 0.3 is 0 Å². The molecule has 1 amide bonds. The third kappa shape index (κ3) is 5.30. The summed E-state index contributed by atoms with van der Waals surface area (Å²) in [5.74, 6) is 0.493. The van der Waals surface area contributed by atoms with Crippen molar-refractivity contribution in [1.82, 2.24) is 5.32 Å². The van der Waals surface area contributed by atoms with E-state index < -0.39 is 0 Å². The number of nitrogens with two attached hydrogens (primary N) is 1. The molecule has 1 rings (SSSR count). The van der Waals surface area contributed by atoms with Crippen molar-refractivity contribution >= 4 is 5.91 Å². The number of carbonyl (C=O) groups is 1. The molecule has 1 atom stereocenters. The minimum absolute atomic E-state index is 0.244. The van der Waals surface area contributed by atoms with Gasteiger partial charge in [-0.15, -0.1) is 0 Å². The summed E-state index contributed by atoms with van der Waals surface area (Å²) in [4.78, 5) is 10.7. The topological polar surface area (TPSA) is 64.3 Å². The van der Waals surface area contributed by atoms with Gasteiger partial charge in [-0.25, -0.2) is 0 Å². The quantitative estimate of drug-likeness (QED) is 0.720. The normalized spacial score (nSPS) is 12.1. The van der Waals surface area contributed by atoms with E-state index in [-0.39, 0.29) is 18.4 Å². The molecule has 0 aliphatic rings. The molecule has 3 N–H and O–H groups in total. The highest BCUT2D eigenvalue weighted by Crippen LogP contribution is 2.27. The van der Waals surface area contributed by atoms with E-state index in [0.717, 1.165) is 30.7 Å². The number of rotatable bonds is 9. The van der Waals surface area contributed by atoms with Crippen LogP contribution in [0, 0.1) is 0 Å². The molecular formula is C15H24N2O2. The molecule has 0 saturated carbocycles. The summed E-state index contributed by atoms with van der Waals surface area (Å²) >= 11 is 0. The highest BCUT2D eigenvalue weighted by atomic mass is 16.5. The van der Waals surface area contributed by atoms with Crippen molar-refractivity contribution in [2.45, 2.75) is 39.2 Å². The Bertz CT molecular complexity index is 393. The Kier molecular flexibility index (Phi) is 6.97. The SMILES string of the molecule is CCCNC(CC)c1ccccc1OCCC(N)=O. The molecule has 0 fully saturated rings. The Morgan fingerprint density at radius 2 is 2.11 bits per heavy atom. The Labute approximate surface area is 115 Å². The number of nitrogens with one attached hydrogen (secondary N) is 1. The fraction of sp³-hybridized carbons (Fsp3) is 0.533. The van der Waals surface area contributed by atoms with Crippen molar-refractivity contribution in [1.29, 1.82) is 0 Å². The second kappa shape index (κ2) is 8.53. The molecular weight excluding hydrogens is 240 g/mol. The molecule has 0 radical (unpaired) electrons. The van der Waals surface area contributed by atoms with Gasteiger partial charge in [-0.3, -0.25) is 4.79 Å². The van der Waals surface area contributed by atoms with E-state index in [4.69, 9.17) is 10.5 Å². The maximum Gasteiger partial charge on any atom is 0.220 e. The number of hydrogen-bond donors (Lipinski definition) is 2. The number of benzene rings is 1. The summed E-state index contributed by atoms with van der Waals surface area (Å²) in [6, 6.07) is 8.23. The van der Waals surface area contributed by atoms with Crippen LogP contribution in [0.2, 0.25) is 0 Å². The number of amides is 1. The number of hydrogen-bond acceptors (Lipinski definition) is 3. The van der Waals surface area contributed by atoms with Gasteiger partial charge in [0.1, 0.15) is 5.75 Å². The third-order valence-electron chi connectivity index (χ3n) is 2.95. The van der Waals surface area contributed by atoms with Crippen molar-refractivity contribution < 1.29 is 9.53 Å². The molecule has 0 spiro atoms. The lowest BCUT2D eigenvalue weighted by Crippen LogP contribution is -2.22. The summed E-state index contributed by atoms with van der Waals surface area (Å²) in [6.07, 6.45) is 2.34. The van der Waals surface area contributed by atoms with Gasteiger partial charge in [0.25, 0.3) is 0 Å². The van der Waals surface area contributed by atoms with Crippen molar-refractivity contribution in [3.63, 3.8) is 0 Å². The minimum atomic E-state index is -0.339. The fourth-order valence-electron chi connectivity index (χ4n) is 1.95. The van der Waals surface area contributed by atoms with E-state index in [1.165, 1.54) is 0 Å². The van der Waals surface area contributed by atoms with Crippen LogP contribution in [0.3, 0.4) is 0 Å². The molecule has 106 valence electrons. The van der Waals surface area contributed by atoms with Crippen molar-refractivity contribution in [3.05, 3.63) is 29.8 Å². The lowest BCUT2D eigenvalue weighted by molar-refractivity contribution is -0.118. The largest absolute Gasteiger partial charge is 0.493 e. The zero-order valence-electron chi connectivity index (χ0n) is 11.8. The van der Waals surface area contributed by atoms with Crippen LogP contribution in [0.1, 0.15) is 44.7 Å². The average molecular weight is 264 g/mol. The lowest BCUT2D eigenvalue weighted by atomic mass is 10.0. The number of carbonyl (C=O) groups excluding carboxylic acids is 1. The first kappa shape index (κ1) is 15.5. The zero-order chi connectivity index (χ0) is 14.1. The fourth-order valence-corrected chi connectivity index (χ4v) is 1.95. The van der Waals surface area contributed by atoms with Gasteiger partial charge in [0.2, 0.25) is 5.91 Å². The summed E-state index contributed by atoms with van der Waals surface area (Å²) in [7, 11) is 0. The number of ether oxygens (including phenoxy) is 1. The predicted octanol–water partition coefficient (Wildman–Crippen LogP) is 2.39. The van der Waals surface area contributed by atoms with Gasteiger partial charge in [0.15, 0.2) is 0 Å². The van der Waals surface area contributed by atoms with E-state index in [1.54, 1.807) is 0 Å². The number of para-hydroxylation sites is 1. The summed E-state index contributed by atoms with van der Waals surface area (Å²) in [5, 5.41) is 3.50. The molecule has 4 heteroatoms. The Morgan fingerprint density at radius 1 is 1.37 bits per heavy atom. The van der Waals surface area contributed by atoms with Crippen LogP contribution in [0.15, 0.2) is 24.3 Å². The van der Waals surface area contributed by atoms with Crippen molar-refractivity contribution in [2.75, 3.05) is 13.2 Å². The van der Waals surface area contributed by atoms with Crippen molar-refractivity contribution in [2.24, 2.45) is 5.73 Å².